The molecule has 1 aromatic rings. The number of nitrogens with one attached hydrogen (secondary N) is 1. The van der Waals surface area contributed by atoms with Crippen LogP contribution in [0.5, 0.6) is 5.75 Å². The van der Waals surface area contributed by atoms with Crippen molar-refractivity contribution in [1.29, 1.82) is 0 Å². The van der Waals surface area contributed by atoms with Crippen molar-refractivity contribution in [1.82, 2.24) is 10.2 Å². The highest BCUT2D eigenvalue weighted by atomic mass is 16.5. The Kier molecular flexibility index (Phi) is 6.83. The summed E-state index contributed by atoms with van der Waals surface area (Å²) in [6.07, 6.45) is 1.62. The van der Waals surface area contributed by atoms with E-state index in [1.807, 2.05) is 13.8 Å². The van der Waals surface area contributed by atoms with E-state index in [0.717, 1.165) is 23.3 Å². The fraction of sp³-hybridized carbons (Fsp3) is 0.476. The van der Waals surface area contributed by atoms with Crippen molar-refractivity contribution < 1.29 is 23.9 Å². The third-order valence-corrected chi connectivity index (χ3v) is 4.61. The number of carbonyl (C=O) groups excluding carboxylic acids is 3. The SMILES string of the molecule is C=C(C)COc1ccc(C2(C)NC(=O)N(C(C)C(=O)OCCCC)C2=O)cc1. The van der Waals surface area contributed by atoms with Crippen molar-refractivity contribution in [2.24, 2.45) is 0 Å². The number of urea groups is 1. The van der Waals surface area contributed by atoms with Gasteiger partial charge >= 0.3 is 12.0 Å². The van der Waals surface area contributed by atoms with E-state index in [1.165, 1.54) is 6.92 Å². The molecular weight excluding hydrogens is 360 g/mol. The van der Waals surface area contributed by atoms with Gasteiger partial charge in [-0.2, -0.15) is 0 Å². The lowest BCUT2D eigenvalue weighted by Crippen LogP contribution is -2.46. The summed E-state index contributed by atoms with van der Waals surface area (Å²) in [6.45, 7) is 11.4. The Hall–Kier alpha value is -2.83. The van der Waals surface area contributed by atoms with Crippen LogP contribution in [0.15, 0.2) is 36.4 Å². The first-order valence-electron chi connectivity index (χ1n) is 9.40. The van der Waals surface area contributed by atoms with Gasteiger partial charge in [-0.05, 0) is 50.5 Å². The second-order valence-corrected chi connectivity index (χ2v) is 7.20. The van der Waals surface area contributed by atoms with Gasteiger partial charge in [0.25, 0.3) is 5.91 Å². The first-order valence-corrected chi connectivity index (χ1v) is 9.40. The third kappa shape index (κ3) is 4.52. The van der Waals surface area contributed by atoms with Crippen LogP contribution in [0, 0.1) is 0 Å². The number of esters is 1. The van der Waals surface area contributed by atoms with E-state index in [0.29, 0.717) is 17.9 Å². The van der Waals surface area contributed by atoms with E-state index in [4.69, 9.17) is 9.47 Å². The second-order valence-electron chi connectivity index (χ2n) is 7.20. The molecule has 1 aliphatic heterocycles. The van der Waals surface area contributed by atoms with Crippen LogP contribution in [0.2, 0.25) is 0 Å². The average molecular weight is 388 g/mol. The van der Waals surface area contributed by atoms with Crippen molar-refractivity contribution >= 4 is 17.9 Å². The van der Waals surface area contributed by atoms with Gasteiger partial charge in [0.1, 0.15) is 23.9 Å². The molecule has 3 amide bonds. The molecule has 2 rings (SSSR count). The van der Waals surface area contributed by atoms with Crippen molar-refractivity contribution in [3.05, 3.63) is 42.0 Å². The number of carbonyl (C=O) groups is 3. The molecule has 0 spiro atoms. The molecule has 1 N–H and O–H groups in total. The fourth-order valence-corrected chi connectivity index (χ4v) is 2.84. The predicted octanol–water partition coefficient (Wildman–Crippen LogP) is 3.14. The van der Waals surface area contributed by atoms with Crippen LogP contribution in [-0.4, -0.2) is 42.1 Å². The van der Waals surface area contributed by atoms with Gasteiger partial charge in [0, 0.05) is 0 Å². The normalized spacial score (nSPS) is 19.9. The van der Waals surface area contributed by atoms with E-state index >= 15 is 0 Å². The summed E-state index contributed by atoms with van der Waals surface area (Å²) in [6, 6.07) is 5.29. The van der Waals surface area contributed by atoms with E-state index in [-0.39, 0.29) is 6.61 Å². The van der Waals surface area contributed by atoms with Crippen LogP contribution in [-0.2, 0) is 19.9 Å². The first kappa shape index (κ1) is 21.5. The van der Waals surface area contributed by atoms with E-state index in [9.17, 15) is 14.4 Å². The Bertz CT molecular complexity index is 759. The largest absolute Gasteiger partial charge is 0.489 e. The summed E-state index contributed by atoms with van der Waals surface area (Å²) in [5, 5.41) is 2.69. The van der Waals surface area contributed by atoms with Crippen LogP contribution in [0.1, 0.15) is 46.1 Å². The number of unbranched alkanes of at least 4 members (excludes halogenated alkanes) is 1. The second kappa shape index (κ2) is 8.91. The van der Waals surface area contributed by atoms with Crippen LogP contribution in [0.4, 0.5) is 4.79 Å². The third-order valence-electron chi connectivity index (χ3n) is 4.61. The zero-order valence-corrected chi connectivity index (χ0v) is 16.9. The van der Waals surface area contributed by atoms with Crippen LogP contribution >= 0.6 is 0 Å². The van der Waals surface area contributed by atoms with Gasteiger partial charge in [-0.3, -0.25) is 4.79 Å². The number of ether oxygens (including phenoxy) is 2. The predicted molar refractivity (Wildman–Crippen MR) is 105 cm³/mol. The van der Waals surface area contributed by atoms with Gasteiger partial charge in [-0.1, -0.05) is 32.1 Å². The lowest BCUT2D eigenvalue weighted by molar-refractivity contribution is -0.152. The monoisotopic (exact) mass is 388 g/mol. The summed E-state index contributed by atoms with van der Waals surface area (Å²) < 4.78 is 10.7. The zero-order valence-electron chi connectivity index (χ0n) is 16.9. The minimum absolute atomic E-state index is 0.270. The van der Waals surface area contributed by atoms with E-state index in [2.05, 4.69) is 11.9 Å². The maximum Gasteiger partial charge on any atom is 0.329 e. The number of benzene rings is 1. The Morgan fingerprint density at radius 3 is 2.50 bits per heavy atom. The number of imide groups is 1. The van der Waals surface area contributed by atoms with Crippen LogP contribution in [0.3, 0.4) is 0 Å². The van der Waals surface area contributed by atoms with E-state index in [1.54, 1.807) is 31.2 Å². The maximum absolute atomic E-state index is 13.0. The molecule has 1 fully saturated rings. The summed E-state index contributed by atoms with van der Waals surface area (Å²) >= 11 is 0. The van der Waals surface area contributed by atoms with Gasteiger partial charge in [0.2, 0.25) is 0 Å². The zero-order chi connectivity index (χ0) is 20.9. The average Bonchev–Trinajstić information content (AvgIpc) is 2.89. The fourth-order valence-electron chi connectivity index (χ4n) is 2.84. The summed E-state index contributed by atoms with van der Waals surface area (Å²) in [5.41, 5.74) is 0.231. The minimum atomic E-state index is -1.26. The Morgan fingerprint density at radius 1 is 1.29 bits per heavy atom. The minimum Gasteiger partial charge on any atom is -0.489 e. The summed E-state index contributed by atoms with van der Waals surface area (Å²) in [5.74, 6) is -0.449. The Morgan fingerprint density at radius 2 is 1.93 bits per heavy atom. The van der Waals surface area contributed by atoms with Crippen LogP contribution in [0.25, 0.3) is 0 Å². The van der Waals surface area contributed by atoms with Crippen molar-refractivity contribution in [2.45, 2.75) is 52.1 Å². The van der Waals surface area contributed by atoms with E-state index < -0.39 is 29.5 Å². The van der Waals surface area contributed by atoms with Crippen LogP contribution < -0.4 is 10.1 Å². The molecule has 2 atom stereocenters. The van der Waals surface area contributed by atoms with Gasteiger partial charge in [0.15, 0.2) is 0 Å². The van der Waals surface area contributed by atoms with Crippen molar-refractivity contribution in [3.8, 4) is 5.75 Å². The summed E-state index contributed by atoms with van der Waals surface area (Å²) in [7, 11) is 0. The molecule has 152 valence electrons. The van der Waals surface area contributed by atoms with Gasteiger partial charge in [-0.25, -0.2) is 14.5 Å². The number of hydrogen-bond acceptors (Lipinski definition) is 5. The highest BCUT2D eigenvalue weighted by molar-refractivity contribution is 6.09. The van der Waals surface area contributed by atoms with Gasteiger partial charge in [-0.15, -0.1) is 0 Å². The molecule has 0 bridgehead atoms. The standard InChI is InChI=1S/C21H28N2O5/c1-6-7-12-27-18(24)15(4)23-19(25)21(5,22-20(23)26)16-8-10-17(11-9-16)28-13-14(2)3/h8-11,15H,2,6-7,12-13H2,1,3-5H3,(H,22,26). The molecule has 2 unspecified atom stereocenters. The van der Waals surface area contributed by atoms with Crippen molar-refractivity contribution in [2.75, 3.05) is 13.2 Å². The highest BCUT2D eigenvalue weighted by Gasteiger charge is 2.52. The topological polar surface area (TPSA) is 84.9 Å². The molecule has 1 heterocycles. The molecule has 1 aromatic carbocycles. The molecule has 0 aromatic heterocycles. The number of rotatable bonds is 9. The molecule has 0 saturated carbocycles. The number of nitrogens with zero attached hydrogens (tertiary/aromatic N) is 1. The summed E-state index contributed by atoms with van der Waals surface area (Å²) in [4.78, 5) is 38.6. The molecule has 0 aliphatic carbocycles. The van der Waals surface area contributed by atoms with Gasteiger partial charge in [0.05, 0.1) is 6.61 Å². The molecule has 0 radical (unpaired) electrons. The number of hydrogen-bond donors (Lipinski definition) is 1. The smallest absolute Gasteiger partial charge is 0.329 e. The molecule has 7 nitrogen and oxygen atoms in total. The maximum atomic E-state index is 13.0. The lowest BCUT2D eigenvalue weighted by Gasteiger charge is -2.24. The molecule has 1 aliphatic rings. The molecule has 28 heavy (non-hydrogen) atoms. The lowest BCUT2D eigenvalue weighted by atomic mass is 9.92. The first-order chi connectivity index (χ1) is 13.2. The quantitative estimate of drug-likeness (QED) is 0.304. The van der Waals surface area contributed by atoms with Crippen molar-refractivity contribution in [3.63, 3.8) is 0 Å². The number of amides is 3. The molecule has 1 saturated heterocycles. The Balaban J connectivity index is 2.14. The highest BCUT2D eigenvalue weighted by Crippen LogP contribution is 2.31. The Labute approximate surface area is 165 Å². The molecule has 7 heteroatoms. The molecular formula is C21H28N2O5. The van der Waals surface area contributed by atoms with Gasteiger partial charge < -0.3 is 14.8 Å².